The fourth-order valence-corrected chi connectivity index (χ4v) is 1.47. The summed E-state index contributed by atoms with van der Waals surface area (Å²) in [5, 5.41) is -0.113. The SMILES string of the molecule is CCOC(=O)CC(=O)c1cc(F)c(C)nc1Cl. The molecule has 0 N–H and O–H groups in total. The highest BCUT2D eigenvalue weighted by Gasteiger charge is 2.18. The highest BCUT2D eigenvalue weighted by molar-refractivity contribution is 6.33. The summed E-state index contributed by atoms with van der Waals surface area (Å²) in [5.41, 5.74) is -0.00879. The molecule has 0 fully saturated rings. The lowest BCUT2D eigenvalue weighted by molar-refractivity contribution is -0.141. The summed E-state index contributed by atoms with van der Waals surface area (Å²) < 4.78 is 17.8. The van der Waals surface area contributed by atoms with Crippen LogP contribution in [0.15, 0.2) is 6.07 Å². The summed E-state index contributed by atoms with van der Waals surface area (Å²) in [6, 6.07) is 0.978. The second-order valence-electron chi connectivity index (χ2n) is 3.30. The maximum absolute atomic E-state index is 13.2. The third-order valence-corrected chi connectivity index (χ3v) is 2.30. The number of halogens is 2. The first kappa shape index (κ1) is 13.6. The number of hydrogen-bond donors (Lipinski definition) is 0. The molecule has 0 saturated heterocycles. The molecular weight excluding hydrogens is 249 g/mol. The lowest BCUT2D eigenvalue weighted by Gasteiger charge is -2.05. The van der Waals surface area contributed by atoms with Crippen LogP contribution in [0.4, 0.5) is 4.39 Å². The maximum atomic E-state index is 13.2. The van der Waals surface area contributed by atoms with E-state index in [0.29, 0.717) is 0 Å². The molecule has 1 rings (SSSR count). The molecule has 0 spiro atoms. The van der Waals surface area contributed by atoms with E-state index in [4.69, 9.17) is 11.6 Å². The van der Waals surface area contributed by atoms with E-state index in [1.54, 1.807) is 6.92 Å². The number of carbonyl (C=O) groups is 2. The Balaban J connectivity index is 2.89. The molecular formula is C11H11ClFNO3. The molecule has 17 heavy (non-hydrogen) atoms. The minimum atomic E-state index is -0.672. The summed E-state index contributed by atoms with van der Waals surface area (Å²) >= 11 is 5.71. The number of nitrogens with zero attached hydrogens (tertiary/aromatic N) is 1. The Labute approximate surface area is 103 Å². The lowest BCUT2D eigenvalue weighted by atomic mass is 10.1. The smallest absolute Gasteiger partial charge is 0.313 e. The predicted octanol–water partition coefficient (Wildman–Crippen LogP) is 2.32. The van der Waals surface area contributed by atoms with E-state index in [1.165, 1.54) is 6.92 Å². The fourth-order valence-electron chi connectivity index (χ4n) is 1.19. The number of carbonyl (C=O) groups excluding carboxylic acids is 2. The number of esters is 1. The summed E-state index contributed by atoms with van der Waals surface area (Å²) in [6.45, 7) is 3.24. The van der Waals surface area contributed by atoms with Crippen molar-refractivity contribution in [1.29, 1.82) is 0 Å². The number of aromatic nitrogens is 1. The second-order valence-corrected chi connectivity index (χ2v) is 3.66. The molecule has 0 atom stereocenters. The van der Waals surface area contributed by atoms with Gasteiger partial charge in [0.1, 0.15) is 17.4 Å². The highest BCUT2D eigenvalue weighted by atomic mass is 35.5. The van der Waals surface area contributed by atoms with E-state index < -0.39 is 24.0 Å². The van der Waals surface area contributed by atoms with Crippen molar-refractivity contribution in [2.75, 3.05) is 6.61 Å². The first-order chi connectivity index (χ1) is 7.95. The van der Waals surface area contributed by atoms with Gasteiger partial charge < -0.3 is 4.74 Å². The van der Waals surface area contributed by atoms with Gasteiger partial charge in [-0.2, -0.15) is 0 Å². The fraction of sp³-hybridized carbons (Fsp3) is 0.364. The Morgan fingerprint density at radius 3 is 2.76 bits per heavy atom. The van der Waals surface area contributed by atoms with Crippen molar-refractivity contribution in [2.24, 2.45) is 0 Å². The van der Waals surface area contributed by atoms with Crippen molar-refractivity contribution in [3.05, 3.63) is 28.3 Å². The van der Waals surface area contributed by atoms with Gasteiger partial charge in [-0.3, -0.25) is 9.59 Å². The minimum absolute atomic E-state index is 0.0997. The minimum Gasteiger partial charge on any atom is -0.466 e. The van der Waals surface area contributed by atoms with Gasteiger partial charge in [-0.25, -0.2) is 9.37 Å². The molecule has 0 unspecified atom stereocenters. The van der Waals surface area contributed by atoms with Crippen LogP contribution in [0.1, 0.15) is 29.4 Å². The standard InChI is InChI=1S/C11H11ClFNO3/c1-3-17-10(16)5-9(15)7-4-8(13)6(2)14-11(7)12/h4H,3,5H2,1-2H3. The van der Waals surface area contributed by atoms with Gasteiger partial charge in [-0.1, -0.05) is 11.6 Å². The second kappa shape index (κ2) is 5.72. The van der Waals surface area contributed by atoms with E-state index in [1.807, 2.05) is 0 Å². The average Bonchev–Trinajstić information content (AvgIpc) is 2.23. The van der Waals surface area contributed by atoms with Crippen molar-refractivity contribution in [1.82, 2.24) is 4.98 Å². The van der Waals surface area contributed by atoms with Gasteiger partial charge in [0, 0.05) is 0 Å². The number of Topliss-reactive ketones (excluding diaryl/α,β-unsaturated/α-hetero) is 1. The summed E-state index contributed by atoms with van der Waals surface area (Å²) in [5.74, 6) is -1.92. The van der Waals surface area contributed by atoms with Crippen LogP contribution < -0.4 is 0 Å². The predicted molar refractivity (Wildman–Crippen MR) is 59.5 cm³/mol. The first-order valence-corrected chi connectivity index (χ1v) is 5.35. The number of ketones is 1. The summed E-state index contributed by atoms with van der Waals surface area (Å²) in [7, 11) is 0. The van der Waals surface area contributed by atoms with Crippen LogP contribution in [0.2, 0.25) is 5.15 Å². The largest absolute Gasteiger partial charge is 0.466 e. The van der Waals surface area contributed by atoms with Crippen molar-refractivity contribution in [3.8, 4) is 0 Å². The van der Waals surface area contributed by atoms with Crippen molar-refractivity contribution >= 4 is 23.4 Å². The normalized spacial score (nSPS) is 10.1. The number of ether oxygens (including phenoxy) is 1. The molecule has 0 saturated carbocycles. The molecule has 0 aliphatic heterocycles. The van der Waals surface area contributed by atoms with Crippen molar-refractivity contribution in [2.45, 2.75) is 20.3 Å². The van der Waals surface area contributed by atoms with E-state index in [9.17, 15) is 14.0 Å². The molecule has 1 aromatic rings. The van der Waals surface area contributed by atoms with Gasteiger partial charge >= 0.3 is 5.97 Å². The van der Waals surface area contributed by atoms with Crippen molar-refractivity contribution < 1.29 is 18.7 Å². The molecule has 1 aromatic heterocycles. The molecule has 4 nitrogen and oxygen atoms in total. The van der Waals surface area contributed by atoms with E-state index >= 15 is 0 Å². The van der Waals surface area contributed by atoms with Gasteiger partial charge in [-0.15, -0.1) is 0 Å². The Morgan fingerprint density at radius 2 is 2.18 bits per heavy atom. The molecule has 0 aromatic carbocycles. The molecule has 0 aliphatic carbocycles. The molecule has 0 aliphatic rings. The van der Waals surface area contributed by atoms with Crippen LogP contribution >= 0.6 is 11.6 Å². The van der Waals surface area contributed by atoms with E-state index in [-0.39, 0.29) is 23.0 Å². The summed E-state index contributed by atoms with van der Waals surface area (Å²) in [4.78, 5) is 26.4. The first-order valence-electron chi connectivity index (χ1n) is 4.97. The number of hydrogen-bond acceptors (Lipinski definition) is 4. The monoisotopic (exact) mass is 259 g/mol. The average molecular weight is 260 g/mol. The molecule has 0 radical (unpaired) electrons. The molecule has 6 heteroatoms. The Hall–Kier alpha value is -1.49. The van der Waals surface area contributed by atoms with Crippen LogP contribution in [0.3, 0.4) is 0 Å². The highest BCUT2D eigenvalue weighted by Crippen LogP contribution is 2.18. The van der Waals surface area contributed by atoms with E-state index in [0.717, 1.165) is 6.07 Å². The number of rotatable bonds is 4. The Bertz CT molecular complexity index is 462. The van der Waals surface area contributed by atoms with Crippen LogP contribution in [-0.2, 0) is 9.53 Å². The van der Waals surface area contributed by atoms with Gasteiger partial charge in [0.15, 0.2) is 5.78 Å². The van der Waals surface area contributed by atoms with Crippen LogP contribution in [0.5, 0.6) is 0 Å². The number of aryl methyl sites for hydroxylation is 1. The molecule has 0 bridgehead atoms. The van der Waals surface area contributed by atoms with Crippen LogP contribution in [0.25, 0.3) is 0 Å². The summed E-state index contributed by atoms with van der Waals surface area (Å²) in [6.07, 6.45) is -0.474. The van der Waals surface area contributed by atoms with Gasteiger partial charge in [0.05, 0.1) is 17.9 Å². The quantitative estimate of drug-likeness (QED) is 0.360. The number of pyridine rings is 1. The zero-order chi connectivity index (χ0) is 13.0. The van der Waals surface area contributed by atoms with E-state index in [2.05, 4.69) is 9.72 Å². The van der Waals surface area contributed by atoms with Gasteiger partial charge in [0.2, 0.25) is 0 Å². The lowest BCUT2D eigenvalue weighted by Crippen LogP contribution is -2.12. The Kier molecular flexibility index (Phi) is 4.57. The molecule has 92 valence electrons. The van der Waals surface area contributed by atoms with Crippen LogP contribution in [0, 0.1) is 12.7 Å². The molecule has 1 heterocycles. The van der Waals surface area contributed by atoms with Crippen molar-refractivity contribution in [3.63, 3.8) is 0 Å². The topological polar surface area (TPSA) is 56.3 Å². The zero-order valence-electron chi connectivity index (χ0n) is 9.42. The van der Waals surface area contributed by atoms with Gasteiger partial charge in [0.25, 0.3) is 0 Å². The van der Waals surface area contributed by atoms with Crippen LogP contribution in [-0.4, -0.2) is 23.3 Å². The third-order valence-electron chi connectivity index (χ3n) is 2.02. The third kappa shape index (κ3) is 3.49. The molecule has 0 amide bonds. The van der Waals surface area contributed by atoms with Gasteiger partial charge in [-0.05, 0) is 19.9 Å². The maximum Gasteiger partial charge on any atom is 0.313 e. The zero-order valence-corrected chi connectivity index (χ0v) is 10.2. The Morgan fingerprint density at radius 1 is 1.53 bits per heavy atom.